The second-order valence-corrected chi connectivity index (χ2v) is 6.88. The van der Waals surface area contributed by atoms with Gasteiger partial charge in [0.15, 0.2) is 0 Å². The highest BCUT2D eigenvalue weighted by Crippen LogP contribution is 2.29. The number of urea groups is 1. The molecule has 2 N–H and O–H groups in total. The Morgan fingerprint density at radius 2 is 2.19 bits per heavy atom. The normalized spacial score (nSPS) is 19.8. The van der Waals surface area contributed by atoms with Crippen molar-refractivity contribution in [2.75, 3.05) is 13.1 Å². The molecule has 1 saturated heterocycles. The number of halogens is 1. The van der Waals surface area contributed by atoms with Gasteiger partial charge in [-0.2, -0.15) is 5.10 Å². The molecule has 2 heterocycles. The van der Waals surface area contributed by atoms with E-state index >= 15 is 0 Å². The first-order chi connectivity index (χ1) is 12.4. The third kappa shape index (κ3) is 4.12. The predicted molar refractivity (Wildman–Crippen MR) is 94.3 cm³/mol. The van der Waals surface area contributed by atoms with E-state index in [9.17, 15) is 14.3 Å². The van der Waals surface area contributed by atoms with Crippen molar-refractivity contribution in [1.82, 2.24) is 25.0 Å². The Hall–Kier alpha value is -2.64. The molecule has 2 aromatic rings. The lowest BCUT2D eigenvalue weighted by molar-refractivity contribution is 0.173. The van der Waals surface area contributed by atoms with Gasteiger partial charge in [0.2, 0.25) is 0 Å². The highest BCUT2D eigenvalue weighted by Gasteiger charge is 2.27. The first kappa shape index (κ1) is 18.2. The van der Waals surface area contributed by atoms with Crippen molar-refractivity contribution in [3.05, 3.63) is 42.2 Å². The lowest BCUT2D eigenvalue weighted by atomic mass is 9.90. The molecule has 0 aliphatic carbocycles. The van der Waals surface area contributed by atoms with Crippen molar-refractivity contribution in [1.29, 1.82) is 0 Å². The molecule has 3 rings (SSSR count). The molecule has 0 saturated carbocycles. The maximum Gasteiger partial charge on any atom is 0.317 e. The number of likely N-dealkylation sites (tertiary alicyclic amines) is 1. The van der Waals surface area contributed by atoms with Gasteiger partial charge in [0.05, 0.1) is 6.04 Å². The summed E-state index contributed by atoms with van der Waals surface area (Å²) in [7, 11) is 0. The lowest BCUT2D eigenvalue weighted by Crippen LogP contribution is -2.49. The summed E-state index contributed by atoms with van der Waals surface area (Å²) in [5.41, 5.74) is 0.726. The first-order valence-electron chi connectivity index (χ1n) is 8.83. The number of piperidine rings is 1. The lowest BCUT2D eigenvalue weighted by Gasteiger charge is -2.34. The number of aromatic hydroxyl groups is 1. The summed E-state index contributed by atoms with van der Waals surface area (Å²) in [5.74, 6) is -0.534. The monoisotopic (exact) mass is 361 g/mol. The molecule has 1 aromatic carbocycles. The Balaban J connectivity index is 1.62. The van der Waals surface area contributed by atoms with Crippen LogP contribution in [0.25, 0.3) is 0 Å². The molecule has 0 spiro atoms. The van der Waals surface area contributed by atoms with Crippen LogP contribution in [0.5, 0.6) is 5.75 Å². The molecule has 8 heteroatoms. The van der Waals surface area contributed by atoms with Crippen LogP contribution in [0.4, 0.5) is 9.18 Å². The summed E-state index contributed by atoms with van der Waals surface area (Å²) < 4.78 is 15.3. The van der Waals surface area contributed by atoms with Gasteiger partial charge in [0.25, 0.3) is 0 Å². The largest absolute Gasteiger partial charge is 0.508 e. The fourth-order valence-corrected chi connectivity index (χ4v) is 3.33. The van der Waals surface area contributed by atoms with E-state index in [1.807, 2.05) is 13.8 Å². The van der Waals surface area contributed by atoms with Gasteiger partial charge in [-0.3, -0.25) is 0 Å². The van der Waals surface area contributed by atoms with E-state index in [1.165, 1.54) is 12.4 Å². The number of nitrogens with zero attached hydrogens (tertiary/aromatic N) is 4. The molecule has 1 aromatic heterocycles. The molecule has 2 amide bonds. The molecule has 7 nitrogen and oxygen atoms in total. The highest BCUT2D eigenvalue weighted by molar-refractivity contribution is 5.74. The van der Waals surface area contributed by atoms with Gasteiger partial charge >= 0.3 is 6.03 Å². The second kappa shape index (κ2) is 7.72. The number of carbonyl (C=O) groups excluding carboxylic acids is 1. The molecule has 26 heavy (non-hydrogen) atoms. The molecular weight excluding hydrogens is 337 g/mol. The number of hydrogen-bond acceptors (Lipinski definition) is 4. The van der Waals surface area contributed by atoms with Crippen molar-refractivity contribution in [2.24, 2.45) is 0 Å². The molecule has 1 aliphatic heterocycles. The maximum absolute atomic E-state index is 13.6. The minimum Gasteiger partial charge on any atom is -0.508 e. The van der Waals surface area contributed by atoms with Crippen LogP contribution in [0.1, 0.15) is 44.2 Å². The average molecular weight is 361 g/mol. The third-order valence-corrected chi connectivity index (χ3v) is 5.01. The minimum absolute atomic E-state index is 0.0131. The number of carbonyl (C=O) groups is 1. The van der Waals surface area contributed by atoms with E-state index in [0.717, 1.165) is 24.5 Å². The number of hydrogen-bond donors (Lipinski definition) is 2. The molecule has 3 atom stereocenters. The van der Waals surface area contributed by atoms with Crippen LogP contribution in [0.2, 0.25) is 0 Å². The minimum atomic E-state index is -0.461. The van der Waals surface area contributed by atoms with E-state index in [4.69, 9.17) is 0 Å². The molecule has 3 unspecified atom stereocenters. The van der Waals surface area contributed by atoms with Gasteiger partial charge < -0.3 is 15.3 Å². The fourth-order valence-electron chi connectivity index (χ4n) is 3.33. The summed E-state index contributed by atoms with van der Waals surface area (Å²) in [6.07, 6.45) is 4.79. The Bertz CT molecular complexity index is 732. The maximum atomic E-state index is 13.6. The number of nitrogens with one attached hydrogen (secondary N) is 1. The van der Waals surface area contributed by atoms with Crippen molar-refractivity contribution in [2.45, 2.75) is 44.7 Å². The van der Waals surface area contributed by atoms with Gasteiger partial charge in [0, 0.05) is 31.1 Å². The topological polar surface area (TPSA) is 83.3 Å². The summed E-state index contributed by atoms with van der Waals surface area (Å²) in [5, 5.41) is 16.7. The number of aromatic nitrogens is 3. The molecule has 0 bridgehead atoms. The molecule has 1 aliphatic rings. The number of phenolic OH excluding ortho intramolecular Hbond substituents is 1. The SMILES string of the molecule is CC(NC(=O)N1CCCC(c2cc(O)cc(F)c2)C1)C(C)n1cncn1. The number of benzene rings is 1. The number of rotatable bonds is 4. The number of phenols is 1. The van der Waals surface area contributed by atoms with Crippen LogP contribution in [0.15, 0.2) is 30.9 Å². The zero-order chi connectivity index (χ0) is 18.7. The van der Waals surface area contributed by atoms with Gasteiger partial charge in [-0.05, 0) is 44.4 Å². The van der Waals surface area contributed by atoms with Crippen molar-refractivity contribution in [3.63, 3.8) is 0 Å². The smallest absolute Gasteiger partial charge is 0.317 e. The molecule has 1 fully saturated rings. The van der Waals surface area contributed by atoms with E-state index in [-0.39, 0.29) is 29.8 Å². The zero-order valence-electron chi connectivity index (χ0n) is 15.0. The molecule has 140 valence electrons. The van der Waals surface area contributed by atoms with Crippen LogP contribution in [-0.4, -0.2) is 49.9 Å². The van der Waals surface area contributed by atoms with E-state index in [1.54, 1.807) is 22.0 Å². The van der Waals surface area contributed by atoms with Gasteiger partial charge in [-0.25, -0.2) is 18.9 Å². The molecule has 0 radical (unpaired) electrons. The summed E-state index contributed by atoms with van der Waals surface area (Å²) in [6, 6.07) is 3.80. The first-order valence-corrected chi connectivity index (χ1v) is 8.83. The fraction of sp³-hybridized carbons (Fsp3) is 0.500. The third-order valence-electron chi connectivity index (χ3n) is 5.01. The Morgan fingerprint density at radius 3 is 2.88 bits per heavy atom. The van der Waals surface area contributed by atoms with Gasteiger partial charge in [-0.15, -0.1) is 0 Å². The summed E-state index contributed by atoms with van der Waals surface area (Å²) in [6.45, 7) is 5.05. The van der Waals surface area contributed by atoms with E-state index in [2.05, 4.69) is 15.4 Å². The van der Waals surface area contributed by atoms with E-state index < -0.39 is 5.82 Å². The molecular formula is C18H24FN5O2. The standard InChI is InChI=1S/C18H24FN5O2/c1-12(13(2)24-11-20-10-21-24)22-18(26)23-5-3-4-14(9-23)15-6-16(19)8-17(25)7-15/h6-8,10-14,25H,3-5,9H2,1-2H3,(H,22,26). The van der Waals surface area contributed by atoms with Crippen molar-refractivity contribution in [3.8, 4) is 5.75 Å². The quantitative estimate of drug-likeness (QED) is 0.877. The second-order valence-electron chi connectivity index (χ2n) is 6.88. The summed E-state index contributed by atoms with van der Waals surface area (Å²) >= 11 is 0. The Kier molecular flexibility index (Phi) is 5.39. The predicted octanol–water partition coefficient (Wildman–Crippen LogP) is 2.66. The number of amides is 2. The van der Waals surface area contributed by atoms with Crippen molar-refractivity contribution < 1.29 is 14.3 Å². The van der Waals surface area contributed by atoms with Gasteiger partial charge in [0.1, 0.15) is 24.2 Å². The van der Waals surface area contributed by atoms with Crippen LogP contribution < -0.4 is 5.32 Å². The van der Waals surface area contributed by atoms with Crippen LogP contribution >= 0.6 is 0 Å². The van der Waals surface area contributed by atoms with Crippen LogP contribution in [0.3, 0.4) is 0 Å². The Labute approximate surface area is 151 Å². The van der Waals surface area contributed by atoms with Crippen molar-refractivity contribution >= 4 is 6.03 Å². The average Bonchev–Trinajstić information content (AvgIpc) is 3.15. The van der Waals surface area contributed by atoms with E-state index in [0.29, 0.717) is 13.1 Å². The van der Waals surface area contributed by atoms with Gasteiger partial charge in [-0.1, -0.05) is 0 Å². The summed E-state index contributed by atoms with van der Waals surface area (Å²) in [4.78, 5) is 18.3. The van der Waals surface area contributed by atoms with Crippen LogP contribution in [0, 0.1) is 5.82 Å². The van der Waals surface area contributed by atoms with Crippen LogP contribution in [-0.2, 0) is 0 Å². The Morgan fingerprint density at radius 1 is 1.38 bits per heavy atom. The zero-order valence-corrected chi connectivity index (χ0v) is 15.0. The highest BCUT2D eigenvalue weighted by atomic mass is 19.1.